The Morgan fingerprint density at radius 3 is 1.81 bits per heavy atom. The molecule has 2 unspecified atom stereocenters. The molecule has 4 nitrogen and oxygen atoms in total. The number of hydrogen-bond donors (Lipinski definition) is 1. The van der Waals surface area contributed by atoms with E-state index in [9.17, 15) is 0 Å². The van der Waals surface area contributed by atoms with Crippen LogP contribution >= 0.6 is 22.6 Å². The number of alkyl halides is 1. The van der Waals surface area contributed by atoms with Gasteiger partial charge in [0.15, 0.2) is 0 Å². The molecule has 204 valence electrons. The van der Waals surface area contributed by atoms with Crippen molar-refractivity contribution >= 4 is 50.7 Å². The van der Waals surface area contributed by atoms with Gasteiger partial charge in [-0.25, -0.2) is 9.98 Å². The molecule has 4 aromatic rings. The third kappa shape index (κ3) is 3.67. The molecule has 0 aliphatic carbocycles. The van der Waals surface area contributed by atoms with Crippen molar-refractivity contribution in [2.75, 3.05) is 0 Å². The number of hydrogen-bond acceptors (Lipinski definition) is 3. The van der Waals surface area contributed by atoms with Crippen molar-refractivity contribution in [1.82, 2.24) is 9.88 Å². The summed E-state index contributed by atoms with van der Waals surface area (Å²) in [6.07, 6.45) is 13.2. The molecular weight excluding hydrogens is 639 g/mol. The predicted octanol–water partition coefficient (Wildman–Crippen LogP) is 6.46. The fraction of sp³-hybridized carbons (Fsp3) is 0.0526. The van der Waals surface area contributed by atoms with Gasteiger partial charge in [0.2, 0.25) is 0 Å². The van der Waals surface area contributed by atoms with Crippen LogP contribution in [-0.4, -0.2) is 30.9 Å². The maximum absolute atomic E-state index is 5.29. The number of fused-ring (bicyclic) bond motifs is 4. The maximum atomic E-state index is 5.29. The first-order chi connectivity index (χ1) is 21.2. The molecular formula is C38H25IN4. The van der Waals surface area contributed by atoms with Crippen LogP contribution in [0.3, 0.4) is 0 Å². The Labute approximate surface area is 263 Å². The van der Waals surface area contributed by atoms with Crippen LogP contribution in [0.2, 0.25) is 0 Å². The van der Waals surface area contributed by atoms with E-state index in [-0.39, 0.29) is 9.59 Å². The molecule has 5 aliphatic rings. The molecule has 43 heavy (non-hydrogen) atoms. The fourth-order valence-corrected chi connectivity index (χ4v) is 8.25. The molecule has 0 amide bonds. The van der Waals surface area contributed by atoms with E-state index < -0.39 is 0 Å². The Kier molecular flexibility index (Phi) is 5.41. The average molecular weight is 665 g/mol. The number of aliphatic imine (C=N–C) groups is 2. The zero-order valence-electron chi connectivity index (χ0n) is 23.1. The van der Waals surface area contributed by atoms with Gasteiger partial charge in [0.1, 0.15) is 9.59 Å². The largest absolute Gasteiger partial charge is 0.355 e. The summed E-state index contributed by atoms with van der Waals surface area (Å²) in [7, 11) is 0. The molecule has 5 heteroatoms. The molecule has 1 aromatic heterocycles. The number of aromatic nitrogens is 1. The van der Waals surface area contributed by atoms with E-state index in [1.807, 2.05) is 0 Å². The minimum Gasteiger partial charge on any atom is -0.355 e. The van der Waals surface area contributed by atoms with E-state index in [2.05, 4.69) is 172 Å². The van der Waals surface area contributed by atoms with E-state index in [1.165, 1.54) is 11.1 Å². The van der Waals surface area contributed by atoms with Gasteiger partial charge in [0.05, 0.1) is 28.5 Å². The van der Waals surface area contributed by atoms with Crippen LogP contribution in [0, 0.1) is 0 Å². The zero-order valence-corrected chi connectivity index (χ0v) is 25.2. The lowest BCUT2D eigenvalue weighted by Gasteiger charge is -2.15. The SMILES string of the molecule is IC1N2C3=C4C=CC(=N4)/C(c4ccccc4)=C4/C=CC(=N4)/C(c4ccccc4)=c4/cc/c([nH]4)=C(\c4ccccc4)C12C=C3. The monoisotopic (exact) mass is 664 g/mol. The van der Waals surface area contributed by atoms with Crippen LogP contribution in [0.1, 0.15) is 16.7 Å². The summed E-state index contributed by atoms with van der Waals surface area (Å²) in [6.45, 7) is 0. The van der Waals surface area contributed by atoms with E-state index >= 15 is 0 Å². The molecule has 3 aromatic carbocycles. The Morgan fingerprint density at radius 2 is 1.14 bits per heavy atom. The highest BCUT2D eigenvalue weighted by molar-refractivity contribution is 14.1. The Morgan fingerprint density at radius 1 is 0.581 bits per heavy atom. The number of nitrogens with one attached hydrogen (secondary N) is 1. The summed E-state index contributed by atoms with van der Waals surface area (Å²) in [5, 5.41) is 2.15. The number of halogens is 1. The van der Waals surface area contributed by atoms with Crippen molar-refractivity contribution in [1.29, 1.82) is 0 Å². The maximum Gasteiger partial charge on any atom is 0.118 e. The average Bonchev–Trinajstić information content (AvgIpc) is 3.72. The first-order valence-corrected chi connectivity index (χ1v) is 15.7. The third-order valence-electron chi connectivity index (χ3n) is 8.80. The molecule has 9 rings (SSSR count). The van der Waals surface area contributed by atoms with Gasteiger partial charge in [-0.1, -0.05) is 114 Å². The van der Waals surface area contributed by atoms with Crippen molar-refractivity contribution in [2.24, 2.45) is 9.98 Å². The number of rotatable bonds is 3. The fourth-order valence-electron chi connectivity index (χ4n) is 6.83. The highest BCUT2D eigenvalue weighted by Crippen LogP contribution is 2.60. The summed E-state index contributed by atoms with van der Waals surface area (Å²) >= 11 is 2.60. The van der Waals surface area contributed by atoms with Gasteiger partial charge in [0.25, 0.3) is 0 Å². The van der Waals surface area contributed by atoms with E-state index in [0.717, 1.165) is 61.5 Å². The second-order valence-electron chi connectivity index (χ2n) is 11.2. The summed E-state index contributed by atoms with van der Waals surface area (Å²) in [5.41, 5.74) is 11.5. The molecule has 1 N–H and O–H groups in total. The van der Waals surface area contributed by atoms with Gasteiger partial charge in [-0.05, 0) is 65.3 Å². The second kappa shape index (κ2) is 9.38. The normalized spacial score (nSPS) is 27.2. The molecule has 1 fully saturated rings. The molecule has 0 radical (unpaired) electrons. The minimum atomic E-state index is -0.261. The molecule has 0 spiro atoms. The van der Waals surface area contributed by atoms with Crippen LogP contribution in [-0.2, 0) is 0 Å². The highest BCUT2D eigenvalue weighted by atomic mass is 127. The molecule has 6 heterocycles. The van der Waals surface area contributed by atoms with E-state index in [4.69, 9.17) is 9.98 Å². The lowest BCUT2D eigenvalue weighted by Crippen LogP contribution is -2.26. The van der Waals surface area contributed by atoms with Gasteiger partial charge in [-0.3, -0.25) is 0 Å². The molecule has 2 atom stereocenters. The first-order valence-electron chi connectivity index (χ1n) is 14.5. The number of allylic oxidation sites excluding steroid dienone is 6. The van der Waals surface area contributed by atoms with Gasteiger partial charge in [0, 0.05) is 27.4 Å². The molecule has 1 saturated heterocycles. The molecule has 5 aliphatic heterocycles. The zero-order chi connectivity index (χ0) is 28.5. The number of H-pyrrole nitrogens is 1. The Bertz CT molecular complexity index is 2180. The molecule has 8 bridgehead atoms. The minimum absolute atomic E-state index is 0.261. The molecule has 0 saturated carbocycles. The van der Waals surface area contributed by atoms with E-state index in [0.29, 0.717) is 0 Å². The lowest BCUT2D eigenvalue weighted by atomic mass is 9.92. The first kappa shape index (κ1) is 24.8. The number of nitrogens with zero attached hydrogens (tertiary/aromatic N) is 3. The van der Waals surface area contributed by atoms with Crippen LogP contribution in [0.15, 0.2) is 167 Å². The van der Waals surface area contributed by atoms with Crippen molar-refractivity contribution < 1.29 is 0 Å². The van der Waals surface area contributed by atoms with Crippen LogP contribution < -0.4 is 10.7 Å². The summed E-state index contributed by atoms with van der Waals surface area (Å²) in [4.78, 5) is 16.9. The highest BCUT2D eigenvalue weighted by Gasteiger charge is 2.66. The van der Waals surface area contributed by atoms with Gasteiger partial charge >= 0.3 is 0 Å². The topological polar surface area (TPSA) is 43.5 Å². The predicted molar refractivity (Wildman–Crippen MR) is 183 cm³/mol. The summed E-state index contributed by atoms with van der Waals surface area (Å²) in [5.74, 6) is 0. The van der Waals surface area contributed by atoms with Crippen molar-refractivity contribution in [2.45, 2.75) is 9.59 Å². The smallest absolute Gasteiger partial charge is 0.118 e. The van der Waals surface area contributed by atoms with Gasteiger partial charge in [-0.2, -0.15) is 0 Å². The van der Waals surface area contributed by atoms with Crippen molar-refractivity contribution in [3.05, 3.63) is 184 Å². The quantitative estimate of drug-likeness (QED) is 0.116. The third-order valence-corrected chi connectivity index (χ3v) is 10.3. The Balaban J connectivity index is 1.41. The number of benzene rings is 3. The lowest BCUT2D eigenvalue weighted by molar-refractivity contribution is 0.649. The number of aromatic amines is 1. The van der Waals surface area contributed by atoms with Gasteiger partial charge < -0.3 is 9.88 Å². The summed E-state index contributed by atoms with van der Waals surface area (Å²) < 4.78 is 0.270. The second-order valence-corrected chi connectivity index (χ2v) is 12.4. The van der Waals surface area contributed by atoms with Gasteiger partial charge in [-0.15, -0.1) is 0 Å². The van der Waals surface area contributed by atoms with Crippen molar-refractivity contribution in [3.8, 4) is 0 Å². The van der Waals surface area contributed by atoms with Crippen molar-refractivity contribution in [3.63, 3.8) is 0 Å². The Hall–Kier alpha value is -4.75. The van der Waals surface area contributed by atoms with Crippen LogP contribution in [0.25, 0.3) is 16.7 Å². The van der Waals surface area contributed by atoms with E-state index in [1.54, 1.807) is 0 Å². The summed E-state index contributed by atoms with van der Waals surface area (Å²) in [6, 6.07) is 36.3. The van der Waals surface area contributed by atoms with Crippen LogP contribution in [0.4, 0.5) is 0 Å². The van der Waals surface area contributed by atoms with Crippen LogP contribution in [0.5, 0.6) is 0 Å². The standard InChI is InChI=1S/C38H25IN4/c39-37-38-23-22-33(43(37)38)27-16-17-28(40-27)34(24-10-4-1-5-11-24)29-18-19-30(41-29)35(25-12-6-2-7-13-25)31-20-21-32(42-31)36(38)26-14-8-3-9-15-26/h1-23,37,42H/b33-27?,34-29-,35-31-,36-32-.